The normalized spacial score (nSPS) is 9.44. The summed E-state index contributed by atoms with van der Waals surface area (Å²) in [6.07, 6.45) is 0. The van der Waals surface area contributed by atoms with Crippen LogP contribution in [0.15, 0.2) is 0 Å². The lowest BCUT2D eigenvalue weighted by Gasteiger charge is -1.84. The van der Waals surface area contributed by atoms with Crippen molar-refractivity contribution in [3.05, 3.63) is 0 Å². The van der Waals surface area contributed by atoms with E-state index in [1.165, 1.54) is 0 Å². The highest BCUT2D eigenvalue weighted by molar-refractivity contribution is 7.49. The summed E-state index contributed by atoms with van der Waals surface area (Å²) < 4.78 is 17.8. The fourth-order valence-corrected chi connectivity index (χ4v) is 0. The zero-order chi connectivity index (χ0) is 8.08. The van der Waals surface area contributed by atoms with Crippen molar-refractivity contribution < 1.29 is 28.7 Å². The van der Waals surface area contributed by atoms with Crippen molar-refractivity contribution in [1.29, 1.82) is 0 Å². The van der Waals surface area contributed by atoms with Crippen molar-refractivity contribution in [2.24, 2.45) is 5.50 Å². The lowest BCUT2D eigenvalue weighted by Crippen LogP contribution is -1.87. The van der Waals surface area contributed by atoms with Gasteiger partial charge in [0.05, 0.1) is 0 Å². The molecule has 0 aromatic rings. The van der Waals surface area contributed by atoms with Gasteiger partial charge in [0.15, 0.2) is 0 Å². The molecule has 0 unspecified atom stereocenters. The van der Waals surface area contributed by atoms with Gasteiger partial charge in [-0.05, 0) is 0 Å². The van der Waals surface area contributed by atoms with Crippen LogP contribution in [-0.4, -0.2) is 19.6 Å². The molecule has 0 aliphatic carbocycles. The maximum absolute atomic E-state index is 9.10. The summed E-state index contributed by atoms with van der Waals surface area (Å²) in [6.45, 7) is 0. The van der Waals surface area contributed by atoms with Crippen LogP contribution < -0.4 is 5.50 Å². The Hall–Kier alpha value is 0.130. The Morgan fingerprint density at radius 3 is 1.33 bits per heavy atom. The molecule has 0 rings (SSSR count). The van der Waals surface area contributed by atoms with Gasteiger partial charge in [-0.1, -0.05) is 0 Å². The minimum Gasteiger partial charge on any atom is -0.313 e. The summed E-state index contributed by atoms with van der Waals surface area (Å²) in [7, 11) is -7.01. The molecule has 9 heavy (non-hydrogen) atoms. The van der Waals surface area contributed by atoms with E-state index in [2.05, 4.69) is 5.50 Å². The van der Waals surface area contributed by atoms with Gasteiger partial charge < -0.3 is 9.79 Å². The van der Waals surface area contributed by atoms with Crippen LogP contribution in [0.25, 0.3) is 0 Å². The lowest BCUT2D eigenvalue weighted by atomic mass is 13.9. The predicted octanol–water partition coefficient (Wildman–Crippen LogP) is -1.33. The maximum atomic E-state index is 9.10. The van der Waals surface area contributed by atoms with Gasteiger partial charge in [-0.25, -0.2) is 10.1 Å². The van der Waals surface area contributed by atoms with Gasteiger partial charge in [0.2, 0.25) is 0 Å². The summed E-state index contributed by atoms with van der Waals surface area (Å²) in [5.74, 6) is 0. The fraction of sp³-hybridized carbons (Fsp3) is 0. The monoisotopic (exact) mass is 178 g/mol. The smallest absolute Gasteiger partial charge is 0.313 e. The van der Waals surface area contributed by atoms with Gasteiger partial charge in [-0.15, -0.1) is 9.79 Å². The predicted molar refractivity (Wildman–Crippen MR) is 28.3 cm³/mol. The van der Waals surface area contributed by atoms with E-state index in [9.17, 15) is 0 Å². The van der Waals surface area contributed by atoms with Gasteiger partial charge >= 0.3 is 16.0 Å². The highest BCUT2D eigenvalue weighted by Crippen LogP contribution is 2.20. The van der Waals surface area contributed by atoms with E-state index in [0.29, 0.717) is 0 Å². The van der Waals surface area contributed by atoms with Gasteiger partial charge in [0.1, 0.15) is 0 Å². The molecule has 0 spiro atoms. The zero-order valence-electron chi connectivity index (χ0n) is 4.08. The van der Waals surface area contributed by atoms with Crippen LogP contribution in [0.4, 0.5) is 0 Å². The van der Waals surface area contributed by atoms with Crippen molar-refractivity contribution in [2.75, 3.05) is 0 Å². The Morgan fingerprint density at radius 1 is 1.33 bits per heavy atom. The first-order valence-corrected chi connectivity index (χ1v) is 4.27. The first-order valence-electron chi connectivity index (χ1n) is 1.42. The number of hydrogen-bond donors (Lipinski definition) is 5. The lowest BCUT2D eigenvalue weighted by molar-refractivity contribution is 0.374. The molecule has 0 bridgehead atoms. The largest absolute Gasteiger partial charge is 0.692 e. The van der Waals surface area contributed by atoms with Crippen LogP contribution in [0.1, 0.15) is 0 Å². The second-order valence-corrected chi connectivity index (χ2v) is 2.53. The third-order valence-corrected chi connectivity index (χ3v) is 0. The van der Waals surface area contributed by atoms with Gasteiger partial charge in [0.25, 0.3) is 0 Å². The number of nitrogens with two attached hydrogens (primary N) is 1. The number of rotatable bonds is 0. The molecular weight excluding hydrogens is 172 g/mol. The van der Waals surface area contributed by atoms with Crippen molar-refractivity contribution >= 4 is 16.0 Å². The second-order valence-electron chi connectivity index (χ2n) is 0.842. The highest BCUT2D eigenvalue weighted by Gasteiger charge is 1.96. The molecule has 0 fully saturated rings. The first kappa shape index (κ1) is 11.9. The van der Waals surface area contributed by atoms with E-state index in [1.54, 1.807) is 0 Å². The second kappa shape index (κ2) is 4.96. The third-order valence-electron chi connectivity index (χ3n) is 0. The van der Waals surface area contributed by atoms with E-state index in [-0.39, 0.29) is 0 Å². The van der Waals surface area contributed by atoms with Crippen molar-refractivity contribution in [3.63, 3.8) is 0 Å². The Kier molecular flexibility index (Phi) is 6.54. The summed E-state index contributed by atoms with van der Waals surface area (Å²) in [4.78, 5) is 29.1. The molecular formula is H6NO6P2+. The van der Waals surface area contributed by atoms with E-state index < -0.39 is 16.0 Å². The Morgan fingerprint density at radius 2 is 1.33 bits per heavy atom. The molecule has 0 heterocycles. The van der Waals surface area contributed by atoms with E-state index in [4.69, 9.17) is 28.7 Å². The van der Waals surface area contributed by atoms with Crippen molar-refractivity contribution in [1.82, 2.24) is 0 Å². The highest BCUT2D eigenvalue weighted by atomic mass is 31.2. The molecule has 6 N–H and O–H groups in total. The molecule has 56 valence electrons. The van der Waals surface area contributed by atoms with Crippen molar-refractivity contribution in [3.8, 4) is 0 Å². The Bertz CT molecular complexity index is 111. The molecule has 0 aliphatic rings. The maximum Gasteiger partial charge on any atom is 0.692 e. The molecule has 0 saturated heterocycles. The zero-order valence-corrected chi connectivity index (χ0v) is 5.87. The van der Waals surface area contributed by atoms with Crippen LogP contribution in [0.5, 0.6) is 0 Å². The standard InChI is InChI=1S/H4NO3P.HO3P/c1-5(2,3)4;1-4(2)3/h(H4,1,2,3,4);(H-,1,2,3)/p+1. The van der Waals surface area contributed by atoms with Gasteiger partial charge in [0, 0.05) is 4.57 Å². The van der Waals surface area contributed by atoms with E-state index in [1.807, 2.05) is 0 Å². The first-order chi connectivity index (χ1) is 3.73. The van der Waals surface area contributed by atoms with Crippen molar-refractivity contribution in [2.45, 2.75) is 0 Å². The molecule has 0 aromatic carbocycles. The van der Waals surface area contributed by atoms with Crippen LogP contribution in [-0.2, 0) is 9.13 Å². The SMILES string of the molecule is NP(=O)(O)O.O=[P+](O)O. The molecule has 7 nitrogen and oxygen atoms in total. The molecule has 0 aliphatic heterocycles. The summed E-state index contributed by atoms with van der Waals surface area (Å²) in [5.41, 5.74) is 4.02. The average molecular weight is 178 g/mol. The molecule has 0 atom stereocenters. The summed E-state index contributed by atoms with van der Waals surface area (Å²) in [6, 6.07) is 0. The summed E-state index contributed by atoms with van der Waals surface area (Å²) >= 11 is 0. The van der Waals surface area contributed by atoms with Crippen LogP contribution in [0.2, 0.25) is 0 Å². The van der Waals surface area contributed by atoms with Gasteiger partial charge in [-0.3, -0.25) is 0 Å². The van der Waals surface area contributed by atoms with Crippen LogP contribution >= 0.6 is 16.0 Å². The Balaban J connectivity index is 0. The van der Waals surface area contributed by atoms with E-state index >= 15 is 0 Å². The Labute approximate surface area is 51.3 Å². The quantitative estimate of drug-likeness (QED) is 0.289. The molecule has 0 amide bonds. The third kappa shape index (κ3) is 18100. The van der Waals surface area contributed by atoms with Gasteiger partial charge in [-0.2, -0.15) is 0 Å². The molecule has 0 saturated carbocycles. The molecule has 0 aromatic heterocycles. The topological polar surface area (TPSA) is 141 Å². The fourth-order valence-electron chi connectivity index (χ4n) is 0. The average Bonchev–Trinajstić information content (AvgIpc) is 1.19. The minimum atomic E-state index is -4.14. The number of hydrogen-bond acceptors (Lipinski definition) is 2. The summed E-state index contributed by atoms with van der Waals surface area (Å²) in [5, 5.41) is 0. The van der Waals surface area contributed by atoms with Crippen LogP contribution in [0, 0.1) is 0 Å². The molecule has 0 radical (unpaired) electrons. The van der Waals surface area contributed by atoms with E-state index in [0.717, 1.165) is 0 Å². The minimum absolute atomic E-state index is 2.87. The molecule has 9 heteroatoms. The van der Waals surface area contributed by atoms with Crippen LogP contribution in [0.3, 0.4) is 0 Å².